The van der Waals surface area contributed by atoms with Crippen LogP contribution in [0.1, 0.15) is 54.6 Å². The molecule has 0 aliphatic carbocycles. The monoisotopic (exact) mass is 339 g/mol. The summed E-state index contributed by atoms with van der Waals surface area (Å²) in [5.74, 6) is 0.679. The normalized spacial score (nSPS) is 13.2. The molecule has 2 aromatic carbocycles. The molecule has 2 rings (SSSR count). The molecular weight excluding hydrogens is 310 g/mol. The van der Waals surface area contributed by atoms with Crippen LogP contribution >= 0.6 is 0 Å². The lowest BCUT2D eigenvalue weighted by atomic mass is 9.96. The number of hydrogen-bond acceptors (Lipinski definition) is 2. The van der Waals surface area contributed by atoms with E-state index in [1.165, 1.54) is 16.7 Å². The summed E-state index contributed by atoms with van der Waals surface area (Å²) >= 11 is 0. The van der Waals surface area contributed by atoms with E-state index in [1.54, 1.807) is 6.92 Å². The first kappa shape index (κ1) is 19.0. The molecule has 0 saturated heterocycles. The van der Waals surface area contributed by atoms with Gasteiger partial charge in [-0.25, -0.2) is 0 Å². The molecule has 0 bridgehead atoms. The highest BCUT2D eigenvalue weighted by molar-refractivity contribution is 5.81. The fourth-order valence-electron chi connectivity index (χ4n) is 3.01. The SMILES string of the molecule is CCc1ccccc1O[C@@H](C)C(=O)N[C@H](C)c1cc(C)c(C)cc1C. The van der Waals surface area contributed by atoms with Crippen molar-refractivity contribution in [3.8, 4) is 5.75 Å². The molecule has 1 amide bonds. The molecule has 25 heavy (non-hydrogen) atoms. The number of ether oxygens (including phenoxy) is 1. The first-order valence-electron chi connectivity index (χ1n) is 8.96. The third-order valence-electron chi connectivity index (χ3n) is 4.73. The summed E-state index contributed by atoms with van der Waals surface area (Å²) in [5.41, 5.74) is 5.97. The van der Waals surface area contributed by atoms with E-state index in [0.29, 0.717) is 0 Å². The van der Waals surface area contributed by atoms with Crippen molar-refractivity contribution in [2.75, 3.05) is 0 Å². The Labute approximate surface area is 151 Å². The number of amides is 1. The lowest BCUT2D eigenvalue weighted by Crippen LogP contribution is -2.38. The van der Waals surface area contributed by atoms with E-state index < -0.39 is 6.10 Å². The Morgan fingerprint density at radius 1 is 1.04 bits per heavy atom. The van der Waals surface area contributed by atoms with E-state index in [2.05, 4.69) is 45.1 Å². The van der Waals surface area contributed by atoms with E-state index in [4.69, 9.17) is 4.74 Å². The second kappa shape index (κ2) is 8.19. The van der Waals surface area contributed by atoms with Crippen molar-refractivity contribution in [1.29, 1.82) is 0 Å². The Bertz CT molecular complexity index is 752. The van der Waals surface area contributed by atoms with E-state index in [0.717, 1.165) is 23.3 Å². The Morgan fingerprint density at radius 2 is 1.68 bits per heavy atom. The van der Waals surface area contributed by atoms with Crippen molar-refractivity contribution in [1.82, 2.24) is 5.32 Å². The molecule has 0 saturated carbocycles. The van der Waals surface area contributed by atoms with Crippen molar-refractivity contribution in [2.24, 2.45) is 0 Å². The highest BCUT2D eigenvalue weighted by Gasteiger charge is 2.19. The van der Waals surface area contributed by atoms with E-state index in [9.17, 15) is 4.79 Å². The van der Waals surface area contributed by atoms with Gasteiger partial charge in [0, 0.05) is 0 Å². The van der Waals surface area contributed by atoms with Crippen LogP contribution in [-0.2, 0) is 11.2 Å². The van der Waals surface area contributed by atoms with Gasteiger partial charge in [0.25, 0.3) is 5.91 Å². The lowest BCUT2D eigenvalue weighted by Gasteiger charge is -2.22. The van der Waals surface area contributed by atoms with Crippen LogP contribution in [0.4, 0.5) is 0 Å². The molecule has 0 aliphatic rings. The topological polar surface area (TPSA) is 38.3 Å². The van der Waals surface area contributed by atoms with Crippen LogP contribution < -0.4 is 10.1 Å². The number of para-hydroxylation sites is 1. The number of aryl methyl sites for hydroxylation is 4. The fourth-order valence-corrected chi connectivity index (χ4v) is 3.01. The maximum absolute atomic E-state index is 12.6. The third kappa shape index (κ3) is 4.62. The van der Waals surface area contributed by atoms with Crippen LogP contribution in [0.3, 0.4) is 0 Å². The molecular formula is C22H29NO2. The van der Waals surface area contributed by atoms with Gasteiger partial charge in [-0.3, -0.25) is 4.79 Å². The van der Waals surface area contributed by atoms with Gasteiger partial charge in [-0.1, -0.05) is 37.3 Å². The zero-order valence-electron chi connectivity index (χ0n) is 16.1. The predicted octanol–water partition coefficient (Wildman–Crippen LogP) is 4.82. The highest BCUT2D eigenvalue weighted by Crippen LogP contribution is 2.23. The molecule has 2 atom stereocenters. The molecule has 0 spiro atoms. The van der Waals surface area contributed by atoms with Gasteiger partial charge in [-0.05, 0) is 74.9 Å². The molecule has 134 valence electrons. The second-order valence-corrected chi connectivity index (χ2v) is 6.74. The summed E-state index contributed by atoms with van der Waals surface area (Å²) in [7, 11) is 0. The first-order valence-corrected chi connectivity index (χ1v) is 8.96. The standard InChI is InChI=1S/C22H29NO2/c1-7-19-10-8-9-11-21(19)25-18(6)22(24)23-17(5)20-13-15(3)14(2)12-16(20)4/h8-13,17-18H,7H2,1-6H3,(H,23,24)/t17-,18+/m1/s1. The first-order chi connectivity index (χ1) is 11.8. The Kier molecular flexibility index (Phi) is 6.24. The van der Waals surface area contributed by atoms with Crippen LogP contribution in [0.2, 0.25) is 0 Å². The van der Waals surface area contributed by atoms with Gasteiger partial charge in [0.05, 0.1) is 6.04 Å². The van der Waals surface area contributed by atoms with Crippen molar-refractivity contribution >= 4 is 5.91 Å². The Morgan fingerprint density at radius 3 is 2.36 bits per heavy atom. The van der Waals surface area contributed by atoms with Crippen LogP contribution in [0, 0.1) is 20.8 Å². The van der Waals surface area contributed by atoms with Gasteiger partial charge in [0.1, 0.15) is 5.75 Å². The molecule has 0 aliphatic heterocycles. The Balaban J connectivity index is 2.07. The highest BCUT2D eigenvalue weighted by atomic mass is 16.5. The summed E-state index contributed by atoms with van der Waals surface area (Å²) in [6, 6.07) is 12.1. The van der Waals surface area contributed by atoms with Crippen LogP contribution in [-0.4, -0.2) is 12.0 Å². The summed E-state index contributed by atoms with van der Waals surface area (Å²) in [5, 5.41) is 3.08. The number of carbonyl (C=O) groups is 1. The molecule has 3 nitrogen and oxygen atoms in total. The smallest absolute Gasteiger partial charge is 0.261 e. The maximum atomic E-state index is 12.6. The number of nitrogens with one attached hydrogen (secondary N) is 1. The van der Waals surface area contributed by atoms with Gasteiger partial charge in [-0.2, -0.15) is 0 Å². The molecule has 0 heterocycles. The minimum Gasteiger partial charge on any atom is -0.481 e. The van der Waals surface area contributed by atoms with Gasteiger partial charge < -0.3 is 10.1 Å². The number of hydrogen-bond donors (Lipinski definition) is 1. The molecule has 0 aromatic heterocycles. The summed E-state index contributed by atoms with van der Waals surface area (Å²) in [6.45, 7) is 12.2. The quantitative estimate of drug-likeness (QED) is 0.819. The van der Waals surface area contributed by atoms with Gasteiger partial charge in [-0.15, -0.1) is 0 Å². The zero-order valence-corrected chi connectivity index (χ0v) is 16.1. The minimum atomic E-state index is -0.540. The minimum absolute atomic E-state index is 0.0562. The van der Waals surface area contributed by atoms with Gasteiger partial charge >= 0.3 is 0 Å². The summed E-state index contributed by atoms with van der Waals surface area (Å²) in [6.07, 6.45) is 0.338. The number of carbonyl (C=O) groups excluding carboxylic acids is 1. The van der Waals surface area contributed by atoms with E-state index in [-0.39, 0.29) is 11.9 Å². The van der Waals surface area contributed by atoms with E-state index >= 15 is 0 Å². The maximum Gasteiger partial charge on any atom is 0.261 e. The average Bonchev–Trinajstić information content (AvgIpc) is 2.58. The zero-order chi connectivity index (χ0) is 18.6. The van der Waals surface area contributed by atoms with Gasteiger partial charge in [0.15, 0.2) is 6.10 Å². The van der Waals surface area contributed by atoms with Crippen molar-refractivity contribution in [3.05, 3.63) is 64.2 Å². The van der Waals surface area contributed by atoms with Crippen molar-refractivity contribution in [3.63, 3.8) is 0 Å². The molecule has 0 fully saturated rings. The molecule has 0 radical (unpaired) electrons. The van der Waals surface area contributed by atoms with Crippen LogP contribution in [0.25, 0.3) is 0 Å². The fraction of sp³-hybridized carbons (Fsp3) is 0.409. The lowest BCUT2D eigenvalue weighted by molar-refractivity contribution is -0.127. The molecule has 2 aromatic rings. The third-order valence-corrected chi connectivity index (χ3v) is 4.73. The number of benzene rings is 2. The molecule has 1 N–H and O–H groups in total. The van der Waals surface area contributed by atoms with E-state index in [1.807, 2.05) is 31.2 Å². The second-order valence-electron chi connectivity index (χ2n) is 6.74. The van der Waals surface area contributed by atoms with Crippen molar-refractivity contribution < 1.29 is 9.53 Å². The van der Waals surface area contributed by atoms with Crippen molar-refractivity contribution in [2.45, 2.75) is 60.1 Å². The van der Waals surface area contributed by atoms with Gasteiger partial charge in [0.2, 0.25) is 0 Å². The molecule has 3 heteroatoms. The van der Waals surface area contributed by atoms with Crippen LogP contribution in [0.15, 0.2) is 36.4 Å². The van der Waals surface area contributed by atoms with Crippen LogP contribution in [0.5, 0.6) is 5.75 Å². The predicted molar refractivity (Wildman–Crippen MR) is 103 cm³/mol. The number of rotatable bonds is 6. The largest absolute Gasteiger partial charge is 0.481 e. The summed E-state index contributed by atoms with van der Waals surface area (Å²) in [4.78, 5) is 12.6. The average molecular weight is 339 g/mol. The Hall–Kier alpha value is -2.29. The summed E-state index contributed by atoms with van der Waals surface area (Å²) < 4.78 is 5.90. The molecule has 0 unspecified atom stereocenters.